The summed E-state index contributed by atoms with van der Waals surface area (Å²) in [5.74, 6) is -0.670. The molecule has 5 nitrogen and oxygen atoms in total. The van der Waals surface area contributed by atoms with Crippen LogP contribution in [-0.4, -0.2) is 17.2 Å². The van der Waals surface area contributed by atoms with Crippen molar-refractivity contribution < 1.29 is 19.1 Å². The van der Waals surface area contributed by atoms with Gasteiger partial charge in [-0.25, -0.2) is 9.59 Å². The predicted octanol–water partition coefficient (Wildman–Crippen LogP) is 3.93. The molecule has 128 valence electrons. The van der Waals surface area contributed by atoms with Crippen LogP contribution in [-0.2, 0) is 4.79 Å². The third-order valence-corrected chi connectivity index (χ3v) is 4.08. The summed E-state index contributed by atoms with van der Waals surface area (Å²) < 4.78 is 11.1. The molecular formula is C20H18O5. The molecule has 0 aliphatic rings. The highest BCUT2D eigenvalue weighted by Crippen LogP contribution is 2.34. The summed E-state index contributed by atoms with van der Waals surface area (Å²) in [6.45, 7) is 5.11. The zero-order valence-corrected chi connectivity index (χ0v) is 14.2. The van der Waals surface area contributed by atoms with Crippen molar-refractivity contribution >= 4 is 16.9 Å². The minimum absolute atomic E-state index is 0.384. The number of aryl methyl sites for hydroxylation is 2. The minimum Gasteiger partial charge on any atom is -0.479 e. The van der Waals surface area contributed by atoms with E-state index in [1.54, 1.807) is 12.1 Å². The quantitative estimate of drug-likeness (QED) is 0.729. The molecular weight excluding hydrogens is 320 g/mol. The number of rotatable bonds is 4. The average Bonchev–Trinajstić information content (AvgIpc) is 2.54. The van der Waals surface area contributed by atoms with E-state index in [2.05, 4.69) is 0 Å². The topological polar surface area (TPSA) is 76.7 Å². The van der Waals surface area contributed by atoms with Gasteiger partial charge >= 0.3 is 11.6 Å². The van der Waals surface area contributed by atoms with Gasteiger partial charge in [0.25, 0.3) is 0 Å². The van der Waals surface area contributed by atoms with Crippen LogP contribution in [0.5, 0.6) is 5.75 Å². The molecule has 1 aromatic heterocycles. The lowest BCUT2D eigenvalue weighted by atomic mass is 9.98. The maximum atomic E-state index is 12.5. The van der Waals surface area contributed by atoms with Gasteiger partial charge in [0.1, 0.15) is 11.3 Å². The largest absolute Gasteiger partial charge is 0.479 e. The van der Waals surface area contributed by atoms with Crippen molar-refractivity contribution in [1.82, 2.24) is 0 Å². The number of carboxylic acid groups (broad SMARTS) is 1. The van der Waals surface area contributed by atoms with Crippen LogP contribution in [0.25, 0.3) is 22.1 Å². The number of aliphatic carboxylic acids is 1. The van der Waals surface area contributed by atoms with Gasteiger partial charge in [0.15, 0.2) is 6.10 Å². The number of carbonyl (C=O) groups is 1. The monoisotopic (exact) mass is 338 g/mol. The summed E-state index contributed by atoms with van der Waals surface area (Å²) in [6.07, 6.45) is -1.02. The third kappa shape index (κ3) is 3.13. The van der Waals surface area contributed by atoms with E-state index in [4.69, 9.17) is 14.3 Å². The Bertz CT molecular complexity index is 1000. The zero-order chi connectivity index (χ0) is 18.1. The Morgan fingerprint density at radius 1 is 1.16 bits per heavy atom. The molecule has 5 heteroatoms. The highest BCUT2D eigenvalue weighted by molar-refractivity contribution is 5.92. The standard InChI is InChI=1S/C20H18O5/c1-11-9-15(24-13(3)19(21)22)18-12(2)17(14-7-5-4-6-8-14)20(23)25-16(18)10-11/h4-10,13H,1-3H3,(H,21,22). The molecule has 1 unspecified atom stereocenters. The van der Waals surface area contributed by atoms with E-state index >= 15 is 0 Å². The number of hydrogen-bond donors (Lipinski definition) is 1. The fourth-order valence-corrected chi connectivity index (χ4v) is 2.87. The molecule has 1 N–H and O–H groups in total. The first kappa shape index (κ1) is 16.8. The molecule has 1 atom stereocenters. The molecule has 25 heavy (non-hydrogen) atoms. The van der Waals surface area contributed by atoms with Gasteiger partial charge in [0, 0.05) is 0 Å². The second-order valence-electron chi connectivity index (χ2n) is 5.99. The highest BCUT2D eigenvalue weighted by Gasteiger charge is 2.20. The molecule has 3 rings (SSSR count). The van der Waals surface area contributed by atoms with Crippen molar-refractivity contribution in [2.24, 2.45) is 0 Å². The van der Waals surface area contributed by atoms with Crippen molar-refractivity contribution in [2.75, 3.05) is 0 Å². The Kier molecular flexibility index (Phi) is 4.31. The van der Waals surface area contributed by atoms with Gasteiger partial charge in [0.2, 0.25) is 0 Å². The van der Waals surface area contributed by atoms with Gasteiger partial charge in [0.05, 0.1) is 10.9 Å². The van der Waals surface area contributed by atoms with E-state index in [1.165, 1.54) is 6.92 Å². The number of benzene rings is 2. The van der Waals surface area contributed by atoms with Crippen LogP contribution in [0, 0.1) is 13.8 Å². The van der Waals surface area contributed by atoms with Crippen LogP contribution < -0.4 is 10.4 Å². The third-order valence-electron chi connectivity index (χ3n) is 4.08. The van der Waals surface area contributed by atoms with Crippen LogP contribution in [0.2, 0.25) is 0 Å². The minimum atomic E-state index is -1.06. The predicted molar refractivity (Wildman–Crippen MR) is 95.1 cm³/mol. The van der Waals surface area contributed by atoms with Gasteiger partial charge in [-0.3, -0.25) is 0 Å². The fraction of sp³-hybridized carbons (Fsp3) is 0.200. The van der Waals surface area contributed by atoms with E-state index in [1.807, 2.05) is 44.2 Å². The smallest absolute Gasteiger partial charge is 0.344 e. The summed E-state index contributed by atoms with van der Waals surface area (Å²) >= 11 is 0. The van der Waals surface area contributed by atoms with Crippen LogP contribution in [0.3, 0.4) is 0 Å². The highest BCUT2D eigenvalue weighted by atomic mass is 16.5. The molecule has 0 aliphatic heterocycles. The van der Waals surface area contributed by atoms with Gasteiger partial charge in [-0.05, 0) is 49.6 Å². The summed E-state index contributed by atoms with van der Waals surface area (Å²) in [6, 6.07) is 12.7. The summed E-state index contributed by atoms with van der Waals surface area (Å²) in [5.41, 5.74) is 2.66. The average molecular weight is 338 g/mol. The lowest BCUT2D eigenvalue weighted by molar-refractivity contribution is -0.144. The van der Waals surface area contributed by atoms with E-state index in [0.717, 1.165) is 11.1 Å². The first-order chi connectivity index (χ1) is 11.9. The van der Waals surface area contributed by atoms with Gasteiger partial charge in [-0.15, -0.1) is 0 Å². The second kappa shape index (κ2) is 6.43. The number of carboxylic acids is 1. The van der Waals surface area contributed by atoms with Crippen LogP contribution in [0.4, 0.5) is 0 Å². The van der Waals surface area contributed by atoms with Gasteiger partial charge in [-0.2, -0.15) is 0 Å². The summed E-state index contributed by atoms with van der Waals surface area (Å²) in [5, 5.41) is 9.74. The number of ether oxygens (including phenoxy) is 1. The second-order valence-corrected chi connectivity index (χ2v) is 5.99. The lowest BCUT2D eigenvalue weighted by Gasteiger charge is -2.16. The van der Waals surface area contributed by atoms with Crippen LogP contribution in [0.15, 0.2) is 51.7 Å². The Morgan fingerprint density at radius 3 is 2.48 bits per heavy atom. The molecule has 0 fully saturated rings. The SMILES string of the molecule is Cc1cc(OC(C)C(=O)O)c2c(C)c(-c3ccccc3)c(=O)oc2c1. The Hall–Kier alpha value is -3.08. The molecule has 0 spiro atoms. The maximum Gasteiger partial charge on any atom is 0.344 e. The molecule has 2 aromatic carbocycles. The van der Waals surface area contributed by atoms with Gasteiger partial charge in [-0.1, -0.05) is 30.3 Å². The first-order valence-electron chi connectivity index (χ1n) is 7.91. The number of hydrogen-bond acceptors (Lipinski definition) is 4. The van der Waals surface area contributed by atoms with Crippen molar-refractivity contribution in [1.29, 1.82) is 0 Å². The fourth-order valence-electron chi connectivity index (χ4n) is 2.87. The molecule has 0 bridgehead atoms. The summed E-state index contributed by atoms with van der Waals surface area (Å²) in [4.78, 5) is 23.7. The van der Waals surface area contributed by atoms with Crippen molar-refractivity contribution in [3.63, 3.8) is 0 Å². The Morgan fingerprint density at radius 2 is 1.84 bits per heavy atom. The Balaban J connectivity index is 2.31. The maximum absolute atomic E-state index is 12.5. The summed E-state index contributed by atoms with van der Waals surface area (Å²) in [7, 11) is 0. The molecule has 0 saturated carbocycles. The van der Waals surface area contributed by atoms with E-state index in [-0.39, 0.29) is 0 Å². The molecule has 1 heterocycles. The van der Waals surface area contributed by atoms with E-state index < -0.39 is 17.7 Å². The molecule has 0 radical (unpaired) electrons. The molecule has 0 saturated heterocycles. The van der Waals surface area contributed by atoms with Crippen LogP contribution in [0.1, 0.15) is 18.1 Å². The van der Waals surface area contributed by atoms with Crippen molar-refractivity contribution in [3.05, 3.63) is 64.0 Å². The zero-order valence-electron chi connectivity index (χ0n) is 14.2. The van der Waals surface area contributed by atoms with E-state index in [0.29, 0.717) is 27.8 Å². The van der Waals surface area contributed by atoms with Crippen LogP contribution >= 0.6 is 0 Å². The Labute approximate surface area is 144 Å². The molecule has 0 amide bonds. The molecule has 0 aliphatic carbocycles. The molecule has 3 aromatic rings. The van der Waals surface area contributed by atoms with Gasteiger partial charge < -0.3 is 14.3 Å². The van der Waals surface area contributed by atoms with E-state index in [9.17, 15) is 9.59 Å². The van der Waals surface area contributed by atoms with Crippen molar-refractivity contribution in [2.45, 2.75) is 26.9 Å². The normalized spacial score (nSPS) is 12.1. The lowest BCUT2D eigenvalue weighted by Crippen LogP contribution is -2.23. The van der Waals surface area contributed by atoms with Crippen molar-refractivity contribution in [3.8, 4) is 16.9 Å². The first-order valence-corrected chi connectivity index (χ1v) is 7.91. The number of fused-ring (bicyclic) bond motifs is 1.